The zero-order valence-corrected chi connectivity index (χ0v) is 10.4. The van der Waals surface area contributed by atoms with Crippen LogP contribution < -0.4 is 0 Å². The van der Waals surface area contributed by atoms with Crippen LogP contribution in [0.25, 0.3) is 11.1 Å². The normalized spacial score (nSPS) is 10.0. The van der Waals surface area contributed by atoms with Crippen molar-refractivity contribution in [1.82, 2.24) is 0 Å². The van der Waals surface area contributed by atoms with Crippen LogP contribution in [0.2, 0.25) is 0 Å². The van der Waals surface area contributed by atoms with Crippen molar-refractivity contribution in [3.8, 4) is 17.2 Å². The molecule has 2 aromatic rings. The van der Waals surface area contributed by atoms with Crippen molar-refractivity contribution >= 4 is 0 Å². The van der Waals surface area contributed by atoms with Gasteiger partial charge in [-0.15, -0.1) is 0 Å². The van der Waals surface area contributed by atoms with E-state index in [1.807, 2.05) is 18.2 Å². The Morgan fingerprint density at radius 2 is 1.59 bits per heavy atom. The van der Waals surface area contributed by atoms with E-state index < -0.39 is 0 Å². The molecule has 0 fully saturated rings. The molecule has 2 rings (SSSR count). The number of aryl methyl sites for hydroxylation is 3. The molecule has 2 aromatic carbocycles. The number of nitrogens with zero attached hydrogens (tertiary/aromatic N) is 1. The molecule has 0 bridgehead atoms. The number of rotatable bonds is 1. The topological polar surface area (TPSA) is 23.8 Å². The lowest BCUT2D eigenvalue weighted by atomic mass is 9.94. The summed E-state index contributed by atoms with van der Waals surface area (Å²) in [6.07, 6.45) is 0. The van der Waals surface area contributed by atoms with Crippen LogP contribution in [0, 0.1) is 32.1 Å². The molecule has 0 saturated heterocycles. The molecule has 0 amide bonds. The first kappa shape index (κ1) is 11.4. The van der Waals surface area contributed by atoms with Gasteiger partial charge in [0.15, 0.2) is 0 Å². The second-order valence-electron chi connectivity index (χ2n) is 4.46. The van der Waals surface area contributed by atoms with Crippen molar-refractivity contribution in [2.24, 2.45) is 0 Å². The van der Waals surface area contributed by atoms with Gasteiger partial charge in [0.25, 0.3) is 0 Å². The summed E-state index contributed by atoms with van der Waals surface area (Å²) in [5.74, 6) is 0. The summed E-state index contributed by atoms with van der Waals surface area (Å²) in [4.78, 5) is 0. The van der Waals surface area contributed by atoms with Crippen LogP contribution in [0.5, 0.6) is 0 Å². The van der Waals surface area contributed by atoms with Crippen LogP contribution in [0.3, 0.4) is 0 Å². The zero-order valence-electron chi connectivity index (χ0n) is 10.4. The van der Waals surface area contributed by atoms with Crippen molar-refractivity contribution in [1.29, 1.82) is 5.26 Å². The first-order valence-corrected chi connectivity index (χ1v) is 5.70. The third-order valence-electron chi connectivity index (χ3n) is 3.04. The fraction of sp³-hybridized carbons (Fsp3) is 0.188. The predicted molar refractivity (Wildman–Crippen MR) is 70.8 cm³/mol. The first-order valence-electron chi connectivity index (χ1n) is 5.70. The van der Waals surface area contributed by atoms with Gasteiger partial charge in [-0.1, -0.05) is 29.8 Å². The van der Waals surface area contributed by atoms with E-state index in [-0.39, 0.29) is 0 Å². The van der Waals surface area contributed by atoms with Crippen LogP contribution in [-0.4, -0.2) is 0 Å². The Labute approximate surface area is 102 Å². The number of nitriles is 1. The number of benzene rings is 2. The summed E-state index contributed by atoms with van der Waals surface area (Å²) in [6, 6.07) is 14.5. The Hall–Kier alpha value is -2.07. The Bertz CT molecular complexity index is 603. The van der Waals surface area contributed by atoms with Gasteiger partial charge in [0.2, 0.25) is 0 Å². The number of hydrogen-bond acceptors (Lipinski definition) is 1. The lowest BCUT2D eigenvalue weighted by Gasteiger charge is -2.10. The molecule has 0 aliphatic rings. The third-order valence-corrected chi connectivity index (χ3v) is 3.04. The Morgan fingerprint density at radius 3 is 2.24 bits per heavy atom. The molecule has 17 heavy (non-hydrogen) atoms. The summed E-state index contributed by atoms with van der Waals surface area (Å²) in [7, 11) is 0. The van der Waals surface area contributed by atoms with E-state index in [1.165, 1.54) is 22.3 Å². The van der Waals surface area contributed by atoms with Crippen LogP contribution in [-0.2, 0) is 0 Å². The Morgan fingerprint density at radius 1 is 0.824 bits per heavy atom. The average Bonchev–Trinajstić information content (AvgIpc) is 2.30. The minimum absolute atomic E-state index is 0.713. The second kappa shape index (κ2) is 4.43. The van der Waals surface area contributed by atoms with Gasteiger partial charge in [-0.3, -0.25) is 0 Å². The smallest absolute Gasteiger partial charge is 0.0991 e. The molecule has 84 valence electrons. The summed E-state index contributed by atoms with van der Waals surface area (Å²) in [5, 5.41) is 8.96. The summed E-state index contributed by atoms with van der Waals surface area (Å²) in [6.45, 7) is 6.28. The van der Waals surface area contributed by atoms with Crippen LogP contribution >= 0.6 is 0 Å². The average molecular weight is 221 g/mol. The van der Waals surface area contributed by atoms with Gasteiger partial charge in [0, 0.05) is 0 Å². The molecule has 0 aromatic heterocycles. The minimum atomic E-state index is 0.713. The molecule has 0 spiro atoms. The van der Waals surface area contributed by atoms with Crippen molar-refractivity contribution in [3.05, 3.63) is 58.7 Å². The van der Waals surface area contributed by atoms with Gasteiger partial charge >= 0.3 is 0 Å². The fourth-order valence-corrected chi connectivity index (χ4v) is 2.10. The second-order valence-corrected chi connectivity index (χ2v) is 4.46. The van der Waals surface area contributed by atoms with Gasteiger partial charge in [-0.25, -0.2) is 0 Å². The van der Waals surface area contributed by atoms with E-state index in [0.29, 0.717) is 5.56 Å². The summed E-state index contributed by atoms with van der Waals surface area (Å²) in [5.41, 5.74) is 6.80. The van der Waals surface area contributed by atoms with E-state index in [2.05, 4.69) is 45.0 Å². The van der Waals surface area contributed by atoms with Crippen molar-refractivity contribution in [2.75, 3.05) is 0 Å². The zero-order chi connectivity index (χ0) is 12.4. The SMILES string of the molecule is Cc1ccc(-c2cc(C#N)ccc2C)c(C)c1. The van der Waals surface area contributed by atoms with Crippen molar-refractivity contribution in [2.45, 2.75) is 20.8 Å². The fourth-order valence-electron chi connectivity index (χ4n) is 2.10. The van der Waals surface area contributed by atoms with Crippen molar-refractivity contribution in [3.63, 3.8) is 0 Å². The third kappa shape index (κ3) is 2.21. The standard InChI is InChI=1S/C16H15N/c1-11-4-7-15(13(3)8-11)16-9-14(10-17)6-5-12(16)2/h4-9H,1-3H3. The highest BCUT2D eigenvalue weighted by Gasteiger charge is 2.06. The predicted octanol–water partition coefficient (Wildman–Crippen LogP) is 4.15. The Kier molecular flexibility index (Phi) is 2.97. The molecule has 0 unspecified atom stereocenters. The van der Waals surface area contributed by atoms with E-state index in [0.717, 1.165) is 5.56 Å². The van der Waals surface area contributed by atoms with Gasteiger partial charge in [0.05, 0.1) is 11.6 Å². The molecule has 0 radical (unpaired) electrons. The van der Waals surface area contributed by atoms with Gasteiger partial charge in [-0.2, -0.15) is 5.26 Å². The van der Waals surface area contributed by atoms with Crippen molar-refractivity contribution < 1.29 is 0 Å². The molecule has 0 heterocycles. The van der Waals surface area contributed by atoms with Gasteiger partial charge in [0.1, 0.15) is 0 Å². The molecule has 0 saturated carbocycles. The van der Waals surface area contributed by atoms with E-state index in [9.17, 15) is 0 Å². The van der Waals surface area contributed by atoms with Crippen LogP contribution in [0.4, 0.5) is 0 Å². The highest BCUT2D eigenvalue weighted by Crippen LogP contribution is 2.28. The van der Waals surface area contributed by atoms with Gasteiger partial charge < -0.3 is 0 Å². The molecular formula is C16H15N. The minimum Gasteiger partial charge on any atom is -0.192 e. The largest absolute Gasteiger partial charge is 0.192 e. The molecule has 0 aliphatic carbocycles. The molecule has 1 nitrogen and oxygen atoms in total. The van der Waals surface area contributed by atoms with Crippen LogP contribution in [0.1, 0.15) is 22.3 Å². The maximum absolute atomic E-state index is 8.96. The van der Waals surface area contributed by atoms with E-state index >= 15 is 0 Å². The summed E-state index contributed by atoms with van der Waals surface area (Å²) >= 11 is 0. The maximum Gasteiger partial charge on any atom is 0.0991 e. The monoisotopic (exact) mass is 221 g/mol. The van der Waals surface area contributed by atoms with E-state index in [1.54, 1.807) is 0 Å². The Balaban J connectivity index is 2.64. The van der Waals surface area contributed by atoms with E-state index in [4.69, 9.17) is 5.26 Å². The molecule has 0 atom stereocenters. The highest BCUT2D eigenvalue weighted by atomic mass is 14.2. The van der Waals surface area contributed by atoms with Gasteiger partial charge in [-0.05, 0) is 55.2 Å². The lowest BCUT2D eigenvalue weighted by Crippen LogP contribution is -1.89. The molecule has 0 N–H and O–H groups in total. The molecular weight excluding hydrogens is 206 g/mol. The quantitative estimate of drug-likeness (QED) is 0.709. The summed E-state index contributed by atoms with van der Waals surface area (Å²) < 4.78 is 0. The lowest BCUT2D eigenvalue weighted by molar-refractivity contribution is 1.36. The number of hydrogen-bond donors (Lipinski definition) is 0. The highest BCUT2D eigenvalue weighted by molar-refractivity contribution is 5.72. The molecule has 1 heteroatoms. The van der Waals surface area contributed by atoms with Crippen LogP contribution in [0.15, 0.2) is 36.4 Å². The molecule has 0 aliphatic heterocycles. The first-order chi connectivity index (χ1) is 8.11. The maximum atomic E-state index is 8.96.